The van der Waals surface area contributed by atoms with Crippen LogP contribution in [0.3, 0.4) is 0 Å². The van der Waals surface area contributed by atoms with Gasteiger partial charge in [0.05, 0.1) is 5.69 Å². The predicted octanol–water partition coefficient (Wildman–Crippen LogP) is 0.475. The summed E-state index contributed by atoms with van der Waals surface area (Å²) in [6, 6.07) is 1.55. The molecular weight excluding hydrogens is 186 g/mol. The summed E-state index contributed by atoms with van der Waals surface area (Å²) in [4.78, 5) is 16.5. The van der Waals surface area contributed by atoms with Crippen LogP contribution in [0.25, 0.3) is 4.96 Å². The van der Waals surface area contributed by atoms with Crippen molar-refractivity contribution in [1.82, 2.24) is 14.7 Å². The van der Waals surface area contributed by atoms with Crippen LogP contribution in [-0.2, 0) is 6.54 Å². The summed E-state index contributed by atoms with van der Waals surface area (Å²) in [7, 11) is 1.83. The van der Waals surface area contributed by atoms with E-state index in [9.17, 15) is 4.79 Å². The van der Waals surface area contributed by atoms with Crippen LogP contribution in [0.4, 0.5) is 0 Å². The molecule has 13 heavy (non-hydrogen) atoms. The molecule has 0 atom stereocenters. The maximum absolute atomic E-state index is 11.4. The molecule has 0 fully saturated rings. The SMILES string of the molecule is CNCc1cc(=O)n2ccsc2n1. The molecule has 0 amide bonds. The second-order valence-corrected chi connectivity index (χ2v) is 3.54. The average molecular weight is 195 g/mol. The van der Waals surface area contributed by atoms with Crippen LogP contribution < -0.4 is 10.9 Å². The van der Waals surface area contributed by atoms with Crippen LogP contribution >= 0.6 is 11.3 Å². The van der Waals surface area contributed by atoms with Crippen LogP contribution in [0.5, 0.6) is 0 Å². The minimum absolute atomic E-state index is 0.0171. The minimum Gasteiger partial charge on any atom is -0.314 e. The largest absolute Gasteiger partial charge is 0.314 e. The lowest BCUT2D eigenvalue weighted by molar-refractivity contribution is 0.787. The highest BCUT2D eigenvalue weighted by atomic mass is 32.1. The van der Waals surface area contributed by atoms with Gasteiger partial charge < -0.3 is 5.32 Å². The highest BCUT2D eigenvalue weighted by Crippen LogP contribution is 2.05. The van der Waals surface area contributed by atoms with Crippen molar-refractivity contribution in [3.8, 4) is 0 Å². The lowest BCUT2D eigenvalue weighted by Gasteiger charge is -1.98. The molecular formula is C8H9N3OS. The van der Waals surface area contributed by atoms with Gasteiger partial charge in [-0.25, -0.2) is 4.98 Å². The molecule has 0 aliphatic carbocycles. The smallest absolute Gasteiger partial charge is 0.258 e. The standard InChI is InChI=1S/C8H9N3OS/c1-9-5-6-4-7(12)11-2-3-13-8(11)10-6/h2-4,9H,5H2,1H3. The van der Waals surface area contributed by atoms with Gasteiger partial charge in [-0.05, 0) is 7.05 Å². The number of thiazole rings is 1. The molecule has 0 aliphatic heterocycles. The van der Waals surface area contributed by atoms with Crippen molar-refractivity contribution >= 4 is 16.3 Å². The predicted molar refractivity (Wildman–Crippen MR) is 52.1 cm³/mol. The molecule has 1 N–H and O–H groups in total. The number of hydrogen-bond acceptors (Lipinski definition) is 4. The van der Waals surface area contributed by atoms with Gasteiger partial charge in [-0.2, -0.15) is 0 Å². The van der Waals surface area contributed by atoms with Crippen molar-refractivity contribution in [2.45, 2.75) is 6.54 Å². The normalized spacial score (nSPS) is 10.8. The van der Waals surface area contributed by atoms with Crippen molar-refractivity contribution in [1.29, 1.82) is 0 Å². The first-order chi connectivity index (χ1) is 6.31. The third-order valence-corrected chi connectivity index (χ3v) is 2.47. The molecule has 68 valence electrons. The summed E-state index contributed by atoms with van der Waals surface area (Å²) >= 11 is 1.47. The summed E-state index contributed by atoms with van der Waals surface area (Å²) in [5.41, 5.74) is 0.770. The van der Waals surface area contributed by atoms with Gasteiger partial charge in [0.1, 0.15) is 0 Å². The first-order valence-electron chi connectivity index (χ1n) is 3.91. The van der Waals surface area contributed by atoms with Gasteiger partial charge in [0, 0.05) is 24.2 Å². The molecule has 0 saturated carbocycles. The van der Waals surface area contributed by atoms with Gasteiger partial charge >= 0.3 is 0 Å². The molecule has 0 saturated heterocycles. The first-order valence-corrected chi connectivity index (χ1v) is 4.79. The summed E-state index contributed by atoms with van der Waals surface area (Å²) in [6.45, 7) is 0.629. The Balaban J connectivity index is 2.63. The third kappa shape index (κ3) is 1.48. The fourth-order valence-corrected chi connectivity index (χ4v) is 1.90. The molecule has 0 unspecified atom stereocenters. The molecule has 4 nitrogen and oxygen atoms in total. The molecule has 0 aromatic carbocycles. The Morgan fingerprint density at radius 3 is 3.31 bits per heavy atom. The Morgan fingerprint density at radius 1 is 1.69 bits per heavy atom. The van der Waals surface area contributed by atoms with Crippen molar-refractivity contribution in [3.63, 3.8) is 0 Å². The van der Waals surface area contributed by atoms with E-state index >= 15 is 0 Å². The quantitative estimate of drug-likeness (QED) is 0.758. The summed E-state index contributed by atoms with van der Waals surface area (Å²) in [6.07, 6.45) is 1.73. The van der Waals surface area contributed by atoms with Crippen LogP contribution in [0.15, 0.2) is 22.4 Å². The minimum atomic E-state index is -0.0171. The van der Waals surface area contributed by atoms with Gasteiger partial charge in [-0.1, -0.05) is 0 Å². The molecule has 2 rings (SSSR count). The van der Waals surface area contributed by atoms with E-state index in [1.54, 1.807) is 16.7 Å². The summed E-state index contributed by atoms with van der Waals surface area (Å²) in [5.74, 6) is 0. The zero-order valence-corrected chi connectivity index (χ0v) is 7.97. The highest BCUT2D eigenvalue weighted by Gasteiger charge is 2.01. The summed E-state index contributed by atoms with van der Waals surface area (Å²) < 4.78 is 1.55. The molecule has 0 aliphatic rings. The van der Waals surface area contributed by atoms with E-state index < -0.39 is 0 Å². The van der Waals surface area contributed by atoms with E-state index in [1.807, 2.05) is 12.4 Å². The molecule has 0 spiro atoms. The fourth-order valence-electron chi connectivity index (χ4n) is 1.16. The van der Waals surface area contributed by atoms with Gasteiger partial charge in [-0.3, -0.25) is 9.20 Å². The van der Waals surface area contributed by atoms with Crippen LogP contribution in [-0.4, -0.2) is 16.4 Å². The lowest BCUT2D eigenvalue weighted by Crippen LogP contribution is -2.16. The lowest BCUT2D eigenvalue weighted by atomic mass is 10.4. The topological polar surface area (TPSA) is 46.4 Å². The number of aromatic nitrogens is 2. The molecule has 0 bridgehead atoms. The Morgan fingerprint density at radius 2 is 2.54 bits per heavy atom. The number of nitrogens with zero attached hydrogens (tertiary/aromatic N) is 2. The van der Waals surface area contributed by atoms with Gasteiger partial charge in [0.2, 0.25) is 0 Å². The first kappa shape index (κ1) is 8.40. The molecule has 2 heterocycles. The van der Waals surface area contributed by atoms with Crippen molar-refractivity contribution in [2.24, 2.45) is 0 Å². The van der Waals surface area contributed by atoms with E-state index in [1.165, 1.54) is 11.3 Å². The number of nitrogens with one attached hydrogen (secondary N) is 1. The van der Waals surface area contributed by atoms with Gasteiger partial charge in [-0.15, -0.1) is 11.3 Å². The Bertz CT molecular complexity index is 473. The maximum Gasteiger partial charge on any atom is 0.258 e. The van der Waals surface area contributed by atoms with Crippen molar-refractivity contribution in [2.75, 3.05) is 7.05 Å². The van der Waals surface area contributed by atoms with E-state index in [4.69, 9.17) is 0 Å². The number of rotatable bonds is 2. The fraction of sp³-hybridized carbons (Fsp3) is 0.250. The zero-order valence-electron chi connectivity index (χ0n) is 7.15. The average Bonchev–Trinajstić information content (AvgIpc) is 2.53. The molecule has 2 aromatic heterocycles. The number of hydrogen-bond donors (Lipinski definition) is 1. The third-order valence-electron chi connectivity index (χ3n) is 1.71. The Hall–Kier alpha value is -1.20. The second-order valence-electron chi connectivity index (χ2n) is 2.67. The number of fused-ring (bicyclic) bond motifs is 1. The van der Waals surface area contributed by atoms with Crippen LogP contribution in [0, 0.1) is 0 Å². The molecule has 0 radical (unpaired) electrons. The summed E-state index contributed by atoms with van der Waals surface area (Å²) in [5, 5.41) is 4.82. The van der Waals surface area contributed by atoms with Gasteiger partial charge in [0.15, 0.2) is 4.96 Å². The van der Waals surface area contributed by atoms with Crippen molar-refractivity contribution in [3.05, 3.63) is 33.7 Å². The van der Waals surface area contributed by atoms with E-state index in [2.05, 4.69) is 10.3 Å². The van der Waals surface area contributed by atoms with E-state index in [0.29, 0.717) is 6.54 Å². The van der Waals surface area contributed by atoms with E-state index in [-0.39, 0.29) is 5.56 Å². The molecule has 2 aromatic rings. The Labute approximate surface area is 78.9 Å². The van der Waals surface area contributed by atoms with Crippen molar-refractivity contribution < 1.29 is 0 Å². The zero-order chi connectivity index (χ0) is 9.26. The maximum atomic E-state index is 11.4. The highest BCUT2D eigenvalue weighted by molar-refractivity contribution is 7.15. The second kappa shape index (κ2) is 3.27. The van der Waals surface area contributed by atoms with Gasteiger partial charge in [0.25, 0.3) is 5.56 Å². The molecule has 5 heteroatoms. The van der Waals surface area contributed by atoms with Crippen LogP contribution in [0.1, 0.15) is 5.69 Å². The monoisotopic (exact) mass is 195 g/mol. The van der Waals surface area contributed by atoms with Crippen LogP contribution in [0.2, 0.25) is 0 Å². The van der Waals surface area contributed by atoms with E-state index in [0.717, 1.165) is 10.7 Å². The Kier molecular flexibility index (Phi) is 2.12.